The summed E-state index contributed by atoms with van der Waals surface area (Å²) in [6.07, 6.45) is 3.34. The first-order valence-electron chi connectivity index (χ1n) is 11.2. The third kappa shape index (κ3) is 5.97. The molecule has 1 aliphatic heterocycles. The largest absolute Gasteiger partial charge is 0.369 e. The van der Waals surface area contributed by atoms with Gasteiger partial charge in [-0.1, -0.05) is 30.3 Å². The van der Waals surface area contributed by atoms with E-state index in [-0.39, 0.29) is 18.6 Å². The number of hydrogen-bond acceptors (Lipinski definition) is 6. The van der Waals surface area contributed by atoms with E-state index in [1.54, 1.807) is 29.8 Å². The molecule has 0 unspecified atom stereocenters. The number of nitrogens with one attached hydrogen (secondary N) is 2. The van der Waals surface area contributed by atoms with Gasteiger partial charge in [0.15, 0.2) is 0 Å². The molecule has 0 bridgehead atoms. The van der Waals surface area contributed by atoms with Crippen LogP contribution in [-0.2, 0) is 16.1 Å². The molecule has 1 aromatic carbocycles. The van der Waals surface area contributed by atoms with Crippen LogP contribution in [0.5, 0.6) is 0 Å². The van der Waals surface area contributed by atoms with E-state index in [0.29, 0.717) is 0 Å². The number of anilines is 1. The van der Waals surface area contributed by atoms with Crippen molar-refractivity contribution in [2.45, 2.75) is 25.6 Å². The first-order valence-corrected chi connectivity index (χ1v) is 12.0. The fourth-order valence-corrected chi connectivity index (χ4v) is 5.18. The van der Waals surface area contributed by atoms with Gasteiger partial charge in [-0.05, 0) is 42.1 Å². The summed E-state index contributed by atoms with van der Waals surface area (Å²) >= 11 is 1.68. The van der Waals surface area contributed by atoms with Crippen molar-refractivity contribution in [1.82, 2.24) is 20.5 Å². The molecule has 1 fully saturated rings. The maximum absolute atomic E-state index is 12.6. The second-order valence-electron chi connectivity index (χ2n) is 8.12. The molecule has 1 saturated heterocycles. The van der Waals surface area contributed by atoms with Crippen LogP contribution in [0.2, 0.25) is 0 Å². The summed E-state index contributed by atoms with van der Waals surface area (Å²) in [7, 11) is 0. The summed E-state index contributed by atoms with van der Waals surface area (Å²) in [6, 6.07) is 18.0. The monoisotopic (exact) mass is 463 g/mol. The molecule has 0 saturated carbocycles. The normalized spacial score (nSPS) is 16.1. The average Bonchev–Trinajstić information content (AvgIpc) is 3.38. The molecule has 3 heterocycles. The summed E-state index contributed by atoms with van der Waals surface area (Å²) in [5.74, 6) is -1.25. The molecule has 172 valence electrons. The van der Waals surface area contributed by atoms with Crippen molar-refractivity contribution in [2.24, 2.45) is 0 Å². The van der Waals surface area contributed by atoms with E-state index in [4.69, 9.17) is 0 Å². The van der Waals surface area contributed by atoms with Gasteiger partial charge in [0.2, 0.25) is 0 Å². The Morgan fingerprint density at radius 2 is 1.79 bits per heavy atom. The van der Waals surface area contributed by atoms with Crippen molar-refractivity contribution in [3.8, 4) is 0 Å². The maximum atomic E-state index is 12.6. The Labute approximate surface area is 198 Å². The van der Waals surface area contributed by atoms with Gasteiger partial charge in [0.05, 0.1) is 6.04 Å². The predicted molar refractivity (Wildman–Crippen MR) is 131 cm³/mol. The fraction of sp³-hybridized carbons (Fsp3) is 0.320. The van der Waals surface area contributed by atoms with Gasteiger partial charge in [-0.25, -0.2) is 0 Å². The fourth-order valence-electron chi connectivity index (χ4n) is 4.22. The van der Waals surface area contributed by atoms with Gasteiger partial charge in [0, 0.05) is 61.7 Å². The van der Waals surface area contributed by atoms with Gasteiger partial charge >= 0.3 is 11.8 Å². The van der Waals surface area contributed by atoms with Crippen LogP contribution >= 0.6 is 11.3 Å². The Morgan fingerprint density at radius 1 is 1.00 bits per heavy atom. The number of piperazine rings is 1. The van der Waals surface area contributed by atoms with Gasteiger partial charge in [-0.15, -0.1) is 11.3 Å². The first-order chi connectivity index (χ1) is 16.1. The summed E-state index contributed by atoms with van der Waals surface area (Å²) in [4.78, 5) is 35.0. The minimum absolute atomic E-state index is 0.0120. The number of carbonyl (C=O) groups excluding carboxylic acids is 2. The number of hydrogen-bond donors (Lipinski definition) is 2. The third-order valence-corrected chi connectivity index (χ3v) is 6.82. The lowest BCUT2D eigenvalue weighted by atomic mass is 10.0. The highest BCUT2D eigenvalue weighted by atomic mass is 32.1. The van der Waals surface area contributed by atoms with Crippen molar-refractivity contribution in [3.63, 3.8) is 0 Å². The highest BCUT2D eigenvalue weighted by Crippen LogP contribution is 2.30. The van der Waals surface area contributed by atoms with E-state index in [0.717, 1.165) is 31.7 Å². The van der Waals surface area contributed by atoms with Gasteiger partial charge in [0.25, 0.3) is 0 Å². The summed E-state index contributed by atoms with van der Waals surface area (Å²) < 4.78 is 0. The lowest BCUT2D eigenvalue weighted by Gasteiger charge is -2.42. The number of amides is 2. The maximum Gasteiger partial charge on any atom is 0.309 e. The summed E-state index contributed by atoms with van der Waals surface area (Å²) in [5.41, 5.74) is 2.08. The quantitative estimate of drug-likeness (QED) is 0.527. The number of para-hydroxylation sites is 1. The Balaban J connectivity index is 1.37. The zero-order chi connectivity index (χ0) is 23.0. The van der Waals surface area contributed by atoms with Gasteiger partial charge < -0.3 is 15.5 Å². The molecule has 33 heavy (non-hydrogen) atoms. The van der Waals surface area contributed by atoms with E-state index < -0.39 is 11.8 Å². The Kier molecular flexibility index (Phi) is 7.70. The topological polar surface area (TPSA) is 77.6 Å². The van der Waals surface area contributed by atoms with Crippen molar-refractivity contribution >= 4 is 28.8 Å². The van der Waals surface area contributed by atoms with Crippen LogP contribution in [0.4, 0.5) is 5.69 Å². The zero-order valence-corrected chi connectivity index (χ0v) is 19.5. The van der Waals surface area contributed by atoms with Crippen LogP contribution in [0, 0.1) is 0 Å². The highest BCUT2D eigenvalue weighted by molar-refractivity contribution is 7.10. The Morgan fingerprint density at radius 3 is 2.45 bits per heavy atom. The molecule has 0 aliphatic carbocycles. The van der Waals surface area contributed by atoms with Crippen molar-refractivity contribution < 1.29 is 9.59 Å². The minimum atomic E-state index is -0.635. The lowest BCUT2D eigenvalue weighted by molar-refractivity contribution is -0.140. The molecule has 2 N–H and O–H groups in total. The second kappa shape index (κ2) is 11.1. The number of thiophene rings is 1. The summed E-state index contributed by atoms with van der Waals surface area (Å²) in [5, 5.41) is 7.66. The smallest absolute Gasteiger partial charge is 0.309 e. The lowest BCUT2D eigenvalue weighted by Crippen LogP contribution is -2.53. The molecular weight excluding hydrogens is 434 g/mol. The molecule has 2 aromatic heterocycles. The number of aromatic nitrogens is 1. The van der Waals surface area contributed by atoms with Gasteiger partial charge in [-0.2, -0.15) is 0 Å². The molecule has 0 radical (unpaired) electrons. The number of nitrogens with zero attached hydrogens (tertiary/aromatic N) is 3. The van der Waals surface area contributed by atoms with E-state index in [9.17, 15) is 9.59 Å². The number of rotatable bonds is 7. The SMILES string of the molecule is C[C@H](NC(=O)C(=O)NCc1cccnc1)[C@H](c1cccs1)N1CCN(c2ccccc2)CC1. The van der Waals surface area contributed by atoms with Crippen LogP contribution in [-0.4, -0.2) is 53.9 Å². The molecule has 8 heteroatoms. The Hall–Kier alpha value is -3.23. The summed E-state index contributed by atoms with van der Waals surface area (Å²) in [6.45, 7) is 5.83. The average molecular weight is 464 g/mol. The van der Waals surface area contributed by atoms with E-state index >= 15 is 0 Å². The third-order valence-electron chi connectivity index (χ3n) is 5.88. The molecule has 4 rings (SSSR count). The van der Waals surface area contributed by atoms with Crippen molar-refractivity contribution in [2.75, 3.05) is 31.1 Å². The van der Waals surface area contributed by atoms with Crippen LogP contribution in [0.3, 0.4) is 0 Å². The van der Waals surface area contributed by atoms with Gasteiger partial charge in [-0.3, -0.25) is 19.5 Å². The van der Waals surface area contributed by atoms with Crippen LogP contribution in [0.15, 0.2) is 72.4 Å². The number of pyridine rings is 1. The van der Waals surface area contributed by atoms with E-state index in [2.05, 4.69) is 61.1 Å². The first kappa shape index (κ1) is 22.9. The van der Waals surface area contributed by atoms with E-state index in [1.165, 1.54) is 10.6 Å². The van der Waals surface area contributed by atoms with Crippen molar-refractivity contribution in [3.05, 3.63) is 82.8 Å². The van der Waals surface area contributed by atoms with Crippen LogP contribution < -0.4 is 15.5 Å². The predicted octanol–water partition coefficient (Wildman–Crippen LogP) is 2.83. The number of benzene rings is 1. The standard InChI is InChI=1S/C25H29N5O2S/c1-19(28-25(32)24(31)27-18-20-7-5-11-26-17-20)23(22-10-6-16-33-22)30-14-12-29(13-15-30)21-8-3-2-4-9-21/h2-11,16-17,19,23H,12-15,18H2,1H3,(H,27,31)(H,28,32)/t19-,23+/m0/s1. The molecule has 2 amide bonds. The van der Waals surface area contributed by atoms with Gasteiger partial charge in [0.1, 0.15) is 0 Å². The second-order valence-corrected chi connectivity index (χ2v) is 9.10. The zero-order valence-electron chi connectivity index (χ0n) is 18.7. The van der Waals surface area contributed by atoms with Crippen LogP contribution in [0.1, 0.15) is 23.4 Å². The van der Waals surface area contributed by atoms with Crippen LogP contribution in [0.25, 0.3) is 0 Å². The van der Waals surface area contributed by atoms with E-state index in [1.807, 2.05) is 25.1 Å². The highest BCUT2D eigenvalue weighted by Gasteiger charge is 2.31. The molecule has 0 spiro atoms. The molecular formula is C25H29N5O2S. The molecule has 1 aliphatic rings. The minimum Gasteiger partial charge on any atom is -0.369 e. The molecule has 3 aromatic rings. The Bertz CT molecular complexity index is 1020. The van der Waals surface area contributed by atoms with Crippen molar-refractivity contribution in [1.29, 1.82) is 0 Å². The molecule has 2 atom stereocenters. The number of carbonyl (C=O) groups is 2. The molecule has 7 nitrogen and oxygen atoms in total.